The molecule has 0 spiro atoms. The van der Waals surface area contributed by atoms with Gasteiger partial charge in [-0.3, -0.25) is 0 Å². The van der Waals surface area contributed by atoms with Gasteiger partial charge in [-0.05, 0) is 31.5 Å². The fraction of sp³-hybridized carbons (Fsp3) is 0.500. The Kier molecular flexibility index (Phi) is 2.96. The molecule has 4 heteroatoms. The number of benzene rings is 1. The number of para-hydroxylation sites is 2. The maximum Gasteiger partial charge on any atom is 0.295 e. The Morgan fingerprint density at radius 1 is 1.28 bits per heavy atom. The van der Waals surface area contributed by atoms with Gasteiger partial charge in [-0.2, -0.15) is 4.98 Å². The second-order valence-corrected chi connectivity index (χ2v) is 5.25. The van der Waals surface area contributed by atoms with Crippen molar-refractivity contribution < 1.29 is 4.42 Å². The van der Waals surface area contributed by atoms with Crippen molar-refractivity contribution in [3.63, 3.8) is 0 Å². The van der Waals surface area contributed by atoms with Crippen molar-refractivity contribution in [1.29, 1.82) is 0 Å². The van der Waals surface area contributed by atoms with Gasteiger partial charge < -0.3 is 15.5 Å². The SMILES string of the molecule is NCC1(CNc2nc3ccccc3o2)CCCC1. The van der Waals surface area contributed by atoms with E-state index in [1.54, 1.807) is 0 Å². The van der Waals surface area contributed by atoms with Gasteiger partial charge in [-0.15, -0.1) is 0 Å². The fourth-order valence-corrected chi connectivity index (χ4v) is 2.79. The Labute approximate surface area is 107 Å². The van der Waals surface area contributed by atoms with Gasteiger partial charge in [-0.1, -0.05) is 25.0 Å². The van der Waals surface area contributed by atoms with Crippen molar-refractivity contribution in [2.45, 2.75) is 25.7 Å². The molecule has 96 valence electrons. The van der Waals surface area contributed by atoms with Crippen molar-refractivity contribution in [2.75, 3.05) is 18.4 Å². The Bertz CT molecular complexity index is 496. The van der Waals surface area contributed by atoms with Crippen LogP contribution in [0.1, 0.15) is 25.7 Å². The smallest absolute Gasteiger partial charge is 0.295 e. The predicted molar refractivity (Wildman–Crippen MR) is 72.5 cm³/mol. The van der Waals surface area contributed by atoms with Crippen LogP contribution in [0.2, 0.25) is 0 Å². The van der Waals surface area contributed by atoms with Crippen molar-refractivity contribution in [1.82, 2.24) is 4.98 Å². The molecule has 0 aliphatic heterocycles. The summed E-state index contributed by atoms with van der Waals surface area (Å²) in [5, 5.41) is 3.31. The molecule has 2 aromatic rings. The minimum Gasteiger partial charge on any atom is -0.424 e. The summed E-state index contributed by atoms with van der Waals surface area (Å²) in [6.45, 7) is 1.59. The third kappa shape index (κ3) is 2.08. The third-order valence-corrected chi connectivity index (χ3v) is 4.01. The van der Waals surface area contributed by atoms with Gasteiger partial charge in [0.1, 0.15) is 5.52 Å². The maximum atomic E-state index is 5.92. The van der Waals surface area contributed by atoms with Crippen LogP contribution < -0.4 is 11.1 Å². The molecule has 3 rings (SSSR count). The molecule has 0 bridgehead atoms. The first-order chi connectivity index (χ1) is 8.81. The lowest BCUT2D eigenvalue weighted by atomic mass is 9.86. The molecule has 1 aromatic heterocycles. The Morgan fingerprint density at radius 3 is 2.78 bits per heavy atom. The van der Waals surface area contributed by atoms with Crippen molar-refractivity contribution in [3.8, 4) is 0 Å². The van der Waals surface area contributed by atoms with Gasteiger partial charge in [0.05, 0.1) is 0 Å². The number of oxazole rings is 1. The summed E-state index contributed by atoms with van der Waals surface area (Å²) in [6, 6.07) is 8.42. The van der Waals surface area contributed by atoms with Gasteiger partial charge in [0.2, 0.25) is 0 Å². The maximum absolute atomic E-state index is 5.92. The van der Waals surface area contributed by atoms with E-state index in [2.05, 4.69) is 10.3 Å². The normalized spacial score (nSPS) is 18.3. The third-order valence-electron chi connectivity index (χ3n) is 4.01. The van der Waals surface area contributed by atoms with Gasteiger partial charge in [0.25, 0.3) is 6.01 Å². The van der Waals surface area contributed by atoms with Crippen LogP contribution in [0.5, 0.6) is 0 Å². The lowest BCUT2D eigenvalue weighted by molar-refractivity contribution is 0.329. The Hall–Kier alpha value is -1.55. The largest absolute Gasteiger partial charge is 0.424 e. The monoisotopic (exact) mass is 245 g/mol. The average Bonchev–Trinajstić information content (AvgIpc) is 3.03. The molecule has 1 saturated carbocycles. The summed E-state index contributed by atoms with van der Waals surface area (Å²) in [5.74, 6) is 0. The van der Waals surface area contributed by atoms with Crippen LogP contribution in [0, 0.1) is 5.41 Å². The van der Waals surface area contributed by atoms with Gasteiger partial charge in [0, 0.05) is 12.0 Å². The van der Waals surface area contributed by atoms with Crippen LogP contribution in [0.25, 0.3) is 11.1 Å². The number of fused-ring (bicyclic) bond motifs is 1. The summed E-state index contributed by atoms with van der Waals surface area (Å²) < 4.78 is 5.65. The van der Waals surface area contributed by atoms with Gasteiger partial charge >= 0.3 is 0 Å². The minimum atomic E-state index is 0.237. The number of hydrogen-bond acceptors (Lipinski definition) is 4. The van der Waals surface area contributed by atoms with Crippen LogP contribution in [0.4, 0.5) is 6.01 Å². The molecule has 1 fully saturated rings. The van der Waals surface area contributed by atoms with Gasteiger partial charge in [0.15, 0.2) is 5.58 Å². The molecular formula is C14H19N3O. The van der Waals surface area contributed by atoms with E-state index < -0.39 is 0 Å². The van der Waals surface area contributed by atoms with E-state index in [4.69, 9.17) is 10.2 Å². The highest BCUT2D eigenvalue weighted by Crippen LogP contribution is 2.37. The predicted octanol–water partition coefficient (Wildman–Crippen LogP) is 2.76. The van der Waals surface area contributed by atoms with Crippen LogP contribution >= 0.6 is 0 Å². The zero-order valence-electron chi connectivity index (χ0n) is 10.5. The van der Waals surface area contributed by atoms with E-state index in [1.807, 2.05) is 24.3 Å². The lowest BCUT2D eigenvalue weighted by Crippen LogP contribution is -2.34. The molecule has 0 unspecified atom stereocenters. The molecule has 0 amide bonds. The zero-order chi connectivity index (χ0) is 12.4. The van der Waals surface area contributed by atoms with Crippen molar-refractivity contribution in [2.24, 2.45) is 11.1 Å². The van der Waals surface area contributed by atoms with E-state index >= 15 is 0 Å². The number of hydrogen-bond donors (Lipinski definition) is 2. The van der Waals surface area contributed by atoms with Crippen LogP contribution in [0.3, 0.4) is 0 Å². The minimum absolute atomic E-state index is 0.237. The number of aromatic nitrogens is 1. The molecule has 4 nitrogen and oxygen atoms in total. The average molecular weight is 245 g/mol. The first kappa shape index (κ1) is 11.5. The van der Waals surface area contributed by atoms with Crippen molar-refractivity contribution in [3.05, 3.63) is 24.3 Å². The van der Waals surface area contributed by atoms with Crippen LogP contribution in [-0.2, 0) is 0 Å². The molecule has 0 radical (unpaired) electrons. The molecule has 1 aliphatic rings. The topological polar surface area (TPSA) is 64.1 Å². The highest BCUT2D eigenvalue weighted by atomic mass is 16.4. The molecule has 18 heavy (non-hydrogen) atoms. The molecular weight excluding hydrogens is 226 g/mol. The van der Waals surface area contributed by atoms with E-state index in [1.165, 1.54) is 25.7 Å². The summed E-state index contributed by atoms with van der Waals surface area (Å²) in [6.07, 6.45) is 4.98. The first-order valence-corrected chi connectivity index (χ1v) is 6.61. The summed E-state index contributed by atoms with van der Waals surface area (Å²) >= 11 is 0. The lowest BCUT2D eigenvalue weighted by Gasteiger charge is -2.26. The number of nitrogens with zero attached hydrogens (tertiary/aromatic N) is 1. The van der Waals surface area contributed by atoms with E-state index in [0.717, 1.165) is 24.2 Å². The van der Waals surface area contributed by atoms with E-state index in [9.17, 15) is 0 Å². The number of nitrogens with one attached hydrogen (secondary N) is 1. The standard InChI is InChI=1S/C14H19N3O/c15-9-14(7-3-4-8-14)10-16-13-17-11-5-1-2-6-12(11)18-13/h1-2,5-6H,3-4,7-10,15H2,(H,16,17). The molecule has 3 N–H and O–H groups in total. The Morgan fingerprint density at radius 2 is 2.06 bits per heavy atom. The molecule has 1 aromatic carbocycles. The Balaban J connectivity index is 1.72. The second kappa shape index (κ2) is 4.61. The second-order valence-electron chi connectivity index (χ2n) is 5.25. The molecule has 1 aliphatic carbocycles. The number of nitrogens with two attached hydrogens (primary N) is 1. The van der Waals surface area contributed by atoms with Crippen molar-refractivity contribution >= 4 is 17.1 Å². The molecule has 0 atom stereocenters. The molecule has 1 heterocycles. The van der Waals surface area contributed by atoms with Crippen LogP contribution in [-0.4, -0.2) is 18.1 Å². The highest BCUT2D eigenvalue weighted by Gasteiger charge is 2.32. The van der Waals surface area contributed by atoms with Gasteiger partial charge in [-0.25, -0.2) is 0 Å². The summed E-state index contributed by atoms with van der Waals surface area (Å²) in [4.78, 5) is 4.42. The highest BCUT2D eigenvalue weighted by molar-refractivity contribution is 5.74. The first-order valence-electron chi connectivity index (χ1n) is 6.61. The summed E-state index contributed by atoms with van der Waals surface area (Å²) in [7, 11) is 0. The quantitative estimate of drug-likeness (QED) is 0.869. The molecule has 0 saturated heterocycles. The number of anilines is 1. The number of rotatable bonds is 4. The van der Waals surface area contributed by atoms with E-state index in [-0.39, 0.29) is 5.41 Å². The fourth-order valence-electron chi connectivity index (χ4n) is 2.79. The zero-order valence-corrected chi connectivity index (χ0v) is 10.5. The summed E-state index contributed by atoms with van der Waals surface area (Å²) in [5.41, 5.74) is 7.88. The van der Waals surface area contributed by atoms with E-state index in [0.29, 0.717) is 6.01 Å². The van der Waals surface area contributed by atoms with Crippen LogP contribution in [0.15, 0.2) is 28.7 Å².